The summed E-state index contributed by atoms with van der Waals surface area (Å²) in [4.78, 5) is 12.1. The molecule has 0 bridgehead atoms. The predicted octanol–water partition coefficient (Wildman–Crippen LogP) is 5.78. The van der Waals surface area contributed by atoms with Crippen LogP contribution in [-0.2, 0) is 4.79 Å². The third-order valence-electron chi connectivity index (χ3n) is 4.38. The minimum atomic E-state index is -0.443. The van der Waals surface area contributed by atoms with Gasteiger partial charge in [0.05, 0.1) is 6.61 Å². The Hall–Kier alpha value is -3.01. The molecular formula is C24H26O4. The van der Waals surface area contributed by atoms with Crippen molar-refractivity contribution in [1.82, 2.24) is 0 Å². The molecule has 4 heteroatoms. The van der Waals surface area contributed by atoms with Crippen molar-refractivity contribution in [2.24, 2.45) is 0 Å². The lowest BCUT2D eigenvalue weighted by atomic mass is 10.1. The van der Waals surface area contributed by atoms with Gasteiger partial charge >= 0.3 is 5.97 Å². The topological polar surface area (TPSA) is 44.8 Å². The molecule has 0 N–H and O–H groups in total. The van der Waals surface area contributed by atoms with Gasteiger partial charge in [0.25, 0.3) is 0 Å². The van der Waals surface area contributed by atoms with E-state index in [0.29, 0.717) is 18.1 Å². The number of rotatable bonds is 10. The number of carbonyl (C=O) groups is 1. The molecule has 0 aliphatic heterocycles. The second-order valence-corrected chi connectivity index (χ2v) is 6.66. The number of hydrogen-bond acceptors (Lipinski definition) is 4. The van der Waals surface area contributed by atoms with E-state index >= 15 is 0 Å². The van der Waals surface area contributed by atoms with Gasteiger partial charge in [0.1, 0.15) is 17.2 Å². The van der Waals surface area contributed by atoms with Gasteiger partial charge in [0.2, 0.25) is 0 Å². The highest BCUT2D eigenvalue weighted by Gasteiger charge is 2.08. The molecule has 0 fully saturated rings. The zero-order valence-corrected chi connectivity index (χ0v) is 16.2. The lowest BCUT2D eigenvalue weighted by Gasteiger charge is -2.10. The van der Waals surface area contributed by atoms with Crippen LogP contribution in [-0.4, -0.2) is 19.2 Å². The normalized spacial score (nSPS) is 10.6. The van der Waals surface area contributed by atoms with Crippen molar-refractivity contribution >= 4 is 16.7 Å². The van der Waals surface area contributed by atoms with Crippen LogP contribution in [0, 0.1) is 0 Å². The third-order valence-corrected chi connectivity index (χ3v) is 4.38. The van der Waals surface area contributed by atoms with Gasteiger partial charge in [-0.2, -0.15) is 0 Å². The number of carbonyl (C=O) groups excluding carboxylic acids is 1. The molecule has 0 saturated carbocycles. The van der Waals surface area contributed by atoms with Crippen molar-refractivity contribution in [2.75, 3.05) is 13.2 Å². The minimum absolute atomic E-state index is 0.160. The number of unbranched alkanes of at least 4 members (excludes halogenated alkanes) is 3. The molecular weight excluding hydrogens is 352 g/mol. The van der Waals surface area contributed by atoms with Crippen LogP contribution in [0.5, 0.6) is 17.2 Å². The highest BCUT2D eigenvalue weighted by atomic mass is 16.6. The van der Waals surface area contributed by atoms with Gasteiger partial charge in [0.15, 0.2) is 6.61 Å². The van der Waals surface area contributed by atoms with Gasteiger partial charge in [-0.1, -0.05) is 62.6 Å². The van der Waals surface area contributed by atoms with Crippen molar-refractivity contribution in [1.29, 1.82) is 0 Å². The summed E-state index contributed by atoms with van der Waals surface area (Å²) in [6, 6.07) is 20.8. The number of fused-ring (bicyclic) bond motifs is 1. The predicted molar refractivity (Wildman–Crippen MR) is 111 cm³/mol. The van der Waals surface area contributed by atoms with E-state index in [1.165, 1.54) is 19.3 Å². The standard InChI is InChI=1S/C24H26O4/c1-2-3-4-7-15-26-21-11-8-12-22(17-21)27-18-24(25)28-23-14-13-19-9-5-6-10-20(19)16-23/h5-6,8-14,16-17H,2-4,7,15,18H2,1H3. The highest BCUT2D eigenvalue weighted by Crippen LogP contribution is 2.22. The summed E-state index contributed by atoms with van der Waals surface area (Å²) < 4.78 is 16.7. The Bertz CT molecular complexity index is 904. The molecule has 4 nitrogen and oxygen atoms in total. The van der Waals surface area contributed by atoms with E-state index in [1.807, 2.05) is 48.5 Å². The van der Waals surface area contributed by atoms with Crippen molar-refractivity contribution in [2.45, 2.75) is 32.6 Å². The Morgan fingerprint density at radius 2 is 1.54 bits per heavy atom. The lowest BCUT2D eigenvalue weighted by molar-refractivity contribution is -0.136. The first-order chi connectivity index (χ1) is 13.7. The van der Waals surface area contributed by atoms with Crippen LogP contribution in [0.4, 0.5) is 0 Å². The molecule has 3 aromatic carbocycles. The average Bonchev–Trinajstić information content (AvgIpc) is 2.72. The second-order valence-electron chi connectivity index (χ2n) is 6.66. The van der Waals surface area contributed by atoms with Gasteiger partial charge < -0.3 is 14.2 Å². The van der Waals surface area contributed by atoms with Crippen molar-refractivity contribution in [3.63, 3.8) is 0 Å². The van der Waals surface area contributed by atoms with Crippen molar-refractivity contribution in [3.8, 4) is 17.2 Å². The number of hydrogen-bond donors (Lipinski definition) is 0. The van der Waals surface area contributed by atoms with E-state index in [-0.39, 0.29) is 6.61 Å². The average molecular weight is 378 g/mol. The largest absolute Gasteiger partial charge is 0.493 e. The Morgan fingerprint density at radius 1 is 0.750 bits per heavy atom. The summed E-state index contributed by atoms with van der Waals surface area (Å²) in [6.45, 7) is 2.72. The molecule has 0 radical (unpaired) electrons. The van der Waals surface area contributed by atoms with Crippen LogP contribution < -0.4 is 14.2 Å². The van der Waals surface area contributed by atoms with Crippen LogP contribution in [0.1, 0.15) is 32.6 Å². The van der Waals surface area contributed by atoms with Crippen LogP contribution in [0.2, 0.25) is 0 Å². The monoisotopic (exact) mass is 378 g/mol. The molecule has 0 heterocycles. The SMILES string of the molecule is CCCCCCOc1cccc(OCC(=O)Oc2ccc3ccccc3c2)c1. The molecule has 0 unspecified atom stereocenters. The van der Waals surface area contributed by atoms with Crippen molar-refractivity contribution < 1.29 is 19.0 Å². The molecule has 0 saturated heterocycles. The van der Waals surface area contributed by atoms with E-state index < -0.39 is 5.97 Å². The number of benzene rings is 3. The molecule has 3 rings (SSSR count). The molecule has 0 atom stereocenters. The van der Waals surface area contributed by atoms with E-state index in [2.05, 4.69) is 6.92 Å². The quantitative estimate of drug-likeness (QED) is 0.255. The Kier molecular flexibility index (Phi) is 7.30. The summed E-state index contributed by atoms with van der Waals surface area (Å²) in [7, 11) is 0. The van der Waals surface area contributed by atoms with E-state index in [0.717, 1.165) is 22.9 Å². The van der Waals surface area contributed by atoms with Crippen LogP contribution >= 0.6 is 0 Å². The molecule has 0 aliphatic carbocycles. The summed E-state index contributed by atoms with van der Waals surface area (Å²) in [5.41, 5.74) is 0. The molecule has 3 aromatic rings. The fourth-order valence-corrected chi connectivity index (χ4v) is 2.91. The van der Waals surface area contributed by atoms with E-state index in [1.54, 1.807) is 18.2 Å². The van der Waals surface area contributed by atoms with E-state index in [4.69, 9.17) is 14.2 Å². The smallest absolute Gasteiger partial charge is 0.349 e. The third kappa shape index (κ3) is 6.02. The first kappa shape index (κ1) is 19.7. The van der Waals surface area contributed by atoms with Gasteiger partial charge in [0, 0.05) is 6.07 Å². The van der Waals surface area contributed by atoms with Crippen LogP contribution in [0.15, 0.2) is 66.7 Å². The molecule has 0 aromatic heterocycles. The molecule has 0 aliphatic rings. The Balaban J connectivity index is 1.47. The molecule has 0 amide bonds. The zero-order chi connectivity index (χ0) is 19.6. The molecule has 0 spiro atoms. The molecule has 146 valence electrons. The Labute approximate surface area is 166 Å². The van der Waals surface area contributed by atoms with Crippen molar-refractivity contribution in [3.05, 3.63) is 66.7 Å². The summed E-state index contributed by atoms with van der Waals surface area (Å²) >= 11 is 0. The zero-order valence-electron chi connectivity index (χ0n) is 16.2. The maximum Gasteiger partial charge on any atom is 0.349 e. The summed E-state index contributed by atoms with van der Waals surface area (Å²) in [5, 5.41) is 2.13. The summed E-state index contributed by atoms with van der Waals surface area (Å²) in [5.74, 6) is 1.40. The lowest BCUT2D eigenvalue weighted by Crippen LogP contribution is -2.17. The van der Waals surface area contributed by atoms with Gasteiger partial charge in [-0.25, -0.2) is 4.79 Å². The van der Waals surface area contributed by atoms with Crippen LogP contribution in [0.25, 0.3) is 10.8 Å². The fourth-order valence-electron chi connectivity index (χ4n) is 2.91. The molecule has 28 heavy (non-hydrogen) atoms. The number of esters is 1. The van der Waals surface area contributed by atoms with Gasteiger partial charge in [-0.15, -0.1) is 0 Å². The maximum absolute atomic E-state index is 12.1. The number of ether oxygens (including phenoxy) is 3. The van der Waals surface area contributed by atoms with Gasteiger partial charge in [-0.3, -0.25) is 0 Å². The highest BCUT2D eigenvalue weighted by molar-refractivity contribution is 5.84. The first-order valence-corrected chi connectivity index (χ1v) is 9.80. The van der Waals surface area contributed by atoms with E-state index in [9.17, 15) is 4.79 Å². The first-order valence-electron chi connectivity index (χ1n) is 9.80. The summed E-state index contributed by atoms with van der Waals surface area (Å²) in [6.07, 6.45) is 4.65. The van der Waals surface area contributed by atoms with Crippen LogP contribution in [0.3, 0.4) is 0 Å². The fraction of sp³-hybridized carbons (Fsp3) is 0.292. The Morgan fingerprint density at radius 3 is 2.36 bits per heavy atom. The second kappa shape index (κ2) is 10.4. The van der Waals surface area contributed by atoms with Gasteiger partial charge in [-0.05, 0) is 41.5 Å². The minimum Gasteiger partial charge on any atom is -0.493 e. The maximum atomic E-state index is 12.1.